The molecule has 0 aliphatic heterocycles. The van der Waals surface area contributed by atoms with Crippen LogP contribution in [0.1, 0.15) is 5.56 Å². The van der Waals surface area contributed by atoms with Crippen molar-refractivity contribution in [1.82, 2.24) is 19.3 Å². The Labute approximate surface area is 237 Å². The van der Waals surface area contributed by atoms with Crippen LogP contribution in [-0.2, 0) is 23.9 Å². The minimum Gasteiger partial charge on any atom is -0.383 e. The first-order chi connectivity index (χ1) is 18.3. The lowest BCUT2D eigenvalue weighted by Gasteiger charge is -2.21. The van der Waals surface area contributed by atoms with Gasteiger partial charge in [0.25, 0.3) is 0 Å². The van der Waals surface area contributed by atoms with Gasteiger partial charge in [0, 0.05) is 43.1 Å². The number of nitrogens with one attached hydrogen (secondary N) is 2. The minimum absolute atomic E-state index is 0.169. The number of ether oxygens (including phenoxy) is 2. The average molecular weight is 673 g/mol. The molecule has 202 valence electrons. The third-order valence-corrected chi connectivity index (χ3v) is 9.18. The summed E-state index contributed by atoms with van der Waals surface area (Å²) in [7, 11) is -0.663. The van der Waals surface area contributed by atoms with E-state index in [-0.39, 0.29) is 37.0 Å². The van der Waals surface area contributed by atoms with Crippen molar-refractivity contribution in [1.29, 1.82) is 0 Å². The number of rotatable bonds is 13. The highest BCUT2D eigenvalue weighted by molar-refractivity contribution is 14.1. The normalized spacial score (nSPS) is 11.8. The maximum absolute atomic E-state index is 13.9. The molecule has 2 N–H and O–H groups in total. The fourth-order valence-electron chi connectivity index (χ4n) is 3.51. The molecule has 2 aromatic carbocycles. The second kappa shape index (κ2) is 13.0. The van der Waals surface area contributed by atoms with Crippen LogP contribution < -0.4 is 10.6 Å². The maximum atomic E-state index is 13.9. The van der Waals surface area contributed by atoms with Crippen LogP contribution >= 0.6 is 33.9 Å². The Morgan fingerprint density at radius 2 is 1.68 bits per heavy atom. The molecule has 0 radical (unpaired) electrons. The Balaban J connectivity index is 1.52. The second-order valence-electron chi connectivity index (χ2n) is 8.00. The van der Waals surface area contributed by atoms with Gasteiger partial charge in [-0.25, -0.2) is 22.8 Å². The summed E-state index contributed by atoms with van der Waals surface area (Å²) in [5, 5.41) is 6.98. The maximum Gasteiger partial charge on any atom is 0.243 e. The van der Waals surface area contributed by atoms with Gasteiger partial charge in [0.15, 0.2) is 16.6 Å². The lowest BCUT2D eigenvalue weighted by atomic mass is 10.2. The Kier molecular flexibility index (Phi) is 9.78. The number of fused-ring (bicyclic) bond motifs is 1. The van der Waals surface area contributed by atoms with E-state index in [1.54, 1.807) is 36.4 Å². The molecule has 2 aromatic heterocycles. The van der Waals surface area contributed by atoms with Gasteiger partial charge in [-0.05, 0) is 48.0 Å². The summed E-state index contributed by atoms with van der Waals surface area (Å²) in [6.45, 7) is 1.01. The number of sulfonamides is 1. The van der Waals surface area contributed by atoms with Crippen LogP contribution in [0, 0.1) is 5.82 Å². The van der Waals surface area contributed by atoms with E-state index in [0.29, 0.717) is 38.0 Å². The van der Waals surface area contributed by atoms with Gasteiger partial charge in [-0.3, -0.25) is 0 Å². The van der Waals surface area contributed by atoms with E-state index in [1.165, 1.54) is 42.3 Å². The van der Waals surface area contributed by atoms with Gasteiger partial charge in [-0.15, -0.1) is 0 Å². The molecular formula is C24H26FIN6O4S2. The monoisotopic (exact) mass is 672 g/mol. The molecule has 0 spiro atoms. The van der Waals surface area contributed by atoms with Crippen LogP contribution in [-0.4, -0.2) is 68.2 Å². The summed E-state index contributed by atoms with van der Waals surface area (Å²) in [6, 6.07) is 11.3. The number of benzene rings is 2. The van der Waals surface area contributed by atoms with Gasteiger partial charge >= 0.3 is 0 Å². The number of hydrogen-bond donors (Lipinski definition) is 2. The lowest BCUT2D eigenvalue weighted by Crippen LogP contribution is -2.36. The largest absolute Gasteiger partial charge is 0.383 e. The number of aromatic nitrogens is 3. The van der Waals surface area contributed by atoms with Crippen molar-refractivity contribution in [2.45, 2.75) is 9.32 Å². The van der Waals surface area contributed by atoms with Crippen molar-refractivity contribution in [2.75, 3.05) is 51.2 Å². The fraction of sp³-hybridized carbons (Fsp3) is 0.292. The third-order valence-electron chi connectivity index (χ3n) is 5.48. The number of anilines is 4. The third kappa shape index (κ3) is 6.73. The standard InChI is InChI=1S/C24H26FIN6O4S2/c1-35-11-9-32(10-12-36-2)38(33,34)19-6-3-17(4-7-19)30-24-31-23-21(37-24)22(27-15-28-23)29-18-5-8-20(25)16(13-18)14-26/h3-8,13,15H,9-12,14H2,1-2H3,(H2,27,28,29,30,31). The molecule has 4 rings (SSSR count). The topological polar surface area (TPSA) is 119 Å². The molecule has 0 unspecified atom stereocenters. The van der Waals surface area contributed by atoms with E-state index in [1.807, 2.05) is 0 Å². The first-order valence-electron chi connectivity index (χ1n) is 11.4. The molecule has 0 saturated carbocycles. The van der Waals surface area contributed by atoms with Gasteiger partial charge in [0.05, 0.1) is 18.1 Å². The van der Waals surface area contributed by atoms with E-state index in [2.05, 4.69) is 48.2 Å². The van der Waals surface area contributed by atoms with Crippen LogP contribution in [0.15, 0.2) is 53.7 Å². The van der Waals surface area contributed by atoms with Crippen LogP contribution in [0.3, 0.4) is 0 Å². The predicted octanol–water partition coefficient (Wildman–Crippen LogP) is 4.93. The van der Waals surface area contributed by atoms with E-state index < -0.39 is 10.0 Å². The molecule has 0 aliphatic rings. The Bertz CT molecular complexity index is 1480. The number of hydrogen-bond acceptors (Lipinski definition) is 10. The van der Waals surface area contributed by atoms with E-state index in [4.69, 9.17) is 9.47 Å². The molecule has 10 nitrogen and oxygen atoms in total. The molecule has 0 saturated heterocycles. The molecular weight excluding hydrogens is 646 g/mol. The van der Waals surface area contributed by atoms with Gasteiger partial charge in [0.1, 0.15) is 16.8 Å². The number of thiazole rings is 1. The highest BCUT2D eigenvalue weighted by atomic mass is 127. The van der Waals surface area contributed by atoms with Crippen molar-refractivity contribution in [2.24, 2.45) is 0 Å². The van der Waals surface area contributed by atoms with Crippen molar-refractivity contribution in [3.8, 4) is 0 Å². The van der Waals surface area contributed by atoms with Crippen LogP contribution in [0.25, 0.3) is 10.3 Å². The number of halogens is 2. The molecule has 0 amide bonds. The number of alkyl halides is 1. The Morgan fingerprint density at radius 3 is 2.34 bits per heavy atom. The average Bonchev–Trinajstić information content (AvgIpc) is 3.33. The molecule has 0 aliphatic carbocycles. The first kappa shape index (κ1) is 28.5. The summed E-state index contributed by atoms with van der Waals surface area (Å²) in [5.74, 6) is 0.304. The van der Waals surface area contributed by atoms with Crippen molar-refractivity contribution >= 4 is 76.6 Å². The summed E-state index contributed by atoms with van der Waals surface area (Å²) in [6.07, 6.45) is 1.41. The summed E-state index contributed by atoms with van der Waals surface area (Å²) in [4.78, 5) is 13.3. The van der Waals surface area contributed by atoms with Crippen LogP contribution in [0.2, 0.25) is 0 Å². The zero-order valence-corrected chi connectivity index (χ0v) is 24.4. The molecule has 38 heavy (non-hydrogen) atoms. The van der Waals surface area contributed by atoms with Crippen LogP contribution in [0.5, 0.6) is 0 Å². The summed E-state index contributed by atoms with van der Waals surface area (Å²) < 4.78 is 52.8. The molecule has 14 heteroatoms. The summed E-state index contributed by atoms with van der Waals surface area (Å²) >= 11 is 3.46. The SMILES string of the molecule is COCCN(CCOC)S(=O)(=O)c1ccc(Nc2nc3ncnc(Nc4ccc(F)c(CI)c4)c3s2)cc1. The van der Waals surface area contributed by atoms with Crippen LogP contribution in [0.4, 0.5) is 26.7 Å². The molecule has 0 fully saturated rings. The highest BCUT2D eigenvalue weighted by Crippen LogP contribution is 2.33. The Hall–Kier alpha value is -2.50. The number of nitrogens with zero attached hydrogens (tertiary/aromatic N) is 4. The van der Waals surface area contributed by atoms with Crippen molar-refractivity contribution < 1.29 is 22.3 Å². The number of methoxy groups -OCH3 is 2. The van der Waals surface area contributed by atoms with Gasteiger partial charge in [-0.2, -0.15) is 9.29 Å². The highest BCUT2D eigenvalue weighted by Gasteiger charge is 2.24. The quantitative estimate of drug-likeness (QED) is 0.151. The lowest BCUT2D eigenvalue weighted by molar-refractivity contribution is 0.150. The Morgan fingerprint density at radius 1 is 1.00 bits per heavy atom. The van der Waals surface area contributed by atoms with Gasteiger partial charge in [0.2, 0.25) is 10.0 Å². The van der Waals surface area contributed by atoms with Gasteiger partial charge in [-0.1, -0.05) is 33.9 Å². The van der Waals surface area contributed by atoms with Gasteiger partial charge < -0.3 is 20.1 Å². The van der Waals surface area contributed by atoms with Crippen molar-refractivity contribution in [3.05, 3.63) is 60.2 Å². The zero-order chi connectivity index (χ0) is 27.1. The minimum atomic E-state index is -3.72. The van der Waals surface area contributed by atoms with E-state index in [9.17, 15) is 12.8 Å². The zero-order valence-electron chi connectivity index (χ0n) is 20.6. The first-order valence-corrected chi connectivity index (χ1v) is 15.2. The fourth-order valence-corrected chi connectivity index (χ4v) is 6.39. The van der Waals surface area contributed by atoms with Crippen molar-refractivity contribution in [3.63, 3.8) is 0 Å². The second-order valence-corrected chi connectivity index (χ2v) is 11.7. The molecule has 4 aromatic rings. The molecule has 0 atom stereocenters. The van der Waals surface area contributed by atoms with E-state index in [0.717, 1.165) is 4.70 Å². The smallest absolute Gasteiger partial charge is 0.243 e. The molecule has 2 heterocycles. The van der Waals surface area contributed by atoms with E-state index >= 15 is 0 Å². The molecule has 0 bridgehead atoms. The predicted molar refractivity (Wildman–Crippen MR) is 155 cm³/mol. The summed E-state index contributed by atoms with van der Waals surface area (Å²) in [5.41, 5.74) is 2.47.